The van der Waals surface area contributed by atoms with Gasteiger partial charge in [-0.1, -0.05) is 23.8 Å². The Hall–Kier alpha value is -2.69. The summed E-state index contributed by atoms with van der Waals surface area (Å²) in [4.78, 5) is 14.7. The zero-order valence-electron chi connectivity index (χ0n) is 15.0. The summed E-state index contributed by atoms with van der Waals surface area (Å²) in [7, 11) is 0. The minimum absolute atomic E-state index is 0.0523. The summed E-state index contributed by atoms with van der Waals surface area (Å²) in [6, 6.07) is 13.9. The molecule has 1 unspecified atom stereocenters. The molecule has 0 radical (unpaired) electrons. The highest BCUT2D eigenvalue weighted by molar-refractivity contribution is 5.89. The number of hydrogen-bond acceptors (Lipinski definition) is 3. The normalized spacial score (nSPS) is 19.1. The molecule has 0 bridgehead atoms. The number of carbonyl (C=O) groups excluding carboxylic acids is 1. The van der Waals surface area contributed by atoms with Gasteiger partial charge in [0.15, 0.2) is 11.5 Å². The molecule has 1 fully saturated rings. The second kappa shape index (κ2) is 7.28. The summed E-state index contributed by atoms with van der Waals surface area (Å²) in [6.45, 7) is 4.14. The molecule has 2 aliphatic rings. The van der Waals surface area contributed by atoms with Gasteiger partial charge in [-0.3, -0.25) is 0 Å². The predicted molar refractivity (Wildman–Crippen MR) is 101 cm³/mol. The van der Waals surface area contributed by atoms with E-state index >= 15 is 0 Å². The van der Waals surface area contributed by atoms with Crippen LogP contribution in [0.25, 0.3) is 0 Å². The maximum absolute atomic E-state index is 12.8. The van der Waals surface area contributed by atoms with Crippen molar-refractivity contribution < 1.29 is 14.3 Å². The van der Waals surface area contributed by atoms with Crippen molar-refractivity contribution in [3.05, 3.63) is 53.6 Å². The van der Waals surface area contributed by atoms with Crippen molar-refractivity contribution in [1.82, 2.24) is 4.90 Å². The van der Waals surface area contributed by atoms with Crippen LogP contribution < -0.4 is 14.8 Å². The molecular weight excluding hydrogens is 328 g/mol. The number of ether oxygens (including phenoxy) is 2. The highest BCUT2D eigenvalue weighted by atomic mass is 16.5. The Balaban J connectivity index is 1.52. The van der Waals surface area contributed by atoms with Gasteiger partial charge in [0.05, 0.1) is 19.3 Å². The SMILES string of the molecule is Cc1ccc(NC(=O)N2CCCC2c2ccc3c(c2)OCCCO3)cc1. The number of carbonyl (C=O) groups is 1. The Morgan fingerprint density at radius 1 is 1.04 bits per heavy atom. The van der Waals surface area contributed by atoms with Crippen LogP contribution in [-0.2, 0) is 0 Å². The molecule has 26 heavy (non-hydrogen) atoms. The van der Waals surface area contributed by atoms with Gasteiger partial charge in [-0.15, -0.1) is 0 Å². The van der Waals surface area contributed by atoms with Gasteiger partial charge in [0.25, 0.3) is 0 Å². The first-order chi connectivity index (χ1) is 12.7. The first-order valence-electron chi connectivity index (χ1n) is 9.24. The highest BCUT2D eigenvalue weighted by Gasteiger charge is 2.30. The van der Waals surface area contributed by atoms with Crippen LogP contribution in [0.5, 0.6) is 11.5 Å². The number of benzene rings is 2. The maximum atomic E-state index is 12.8. The predicted octanol–water partition coefficient (Wildman–Crippen LogP) is 4.53. The molecule has 0 aliphatic carbocycles. The van der Waals surface area contributed by atoms with E-state index in [9.17, 15) is 4.79 Å². The van der Waals surface area contributed by atoms with Crippen molar-refractivity contribution in [2.75, 3.05) is 25.1 Å². The van der Waals surface area contributed by atoms with E-state index in [-0.39, 0.29) is 12.1 Å². The number of fused-ring (bicyclic) bond motifs is 1. The second-order valence-electron chi connectivity index (χ2n) is 6.90. The number of anilines is 1. The molecule has 2 amide bonds. The van der Waals surface area contributed by atoms with Crippen LogP contribution in [0.4, 0.5) is 10.5 Å². The molecule has 5 heteroatoms. The van der Waals surface area contributed by atoms with Crippen molar-refractivity contribution in [2.24, 2.45) is 0 Å². The van der Waals surface area contributed by atoms with Crippen molar-refractivity contribution in [3.63, 3.8) is 0 Å². The Kier molecular flexibility index (Phi) is 4.69. The van der Waals surface area contributed by atoms with Crippen LogP contribution in [0.2, 0.25) is 0 Å². The van der Waals surface area contributed by atoms with Gasteiger partial charge in [-0.05, 0) is 49.6 Å². The largest absolute Gasteiger partial charge is 0.490 e. The van der Waals surface area contributed by atoms with Gasteiger partial charge >= 0.3 is 6.03 Å². The first kappa shape index (κ1) is 16.8. The molecule has 1 N–H and O–H groups in total. The van der Waals surface area contributed by atoms with Crippen molar-refractivity contribution in [1.29, 1.82) is 0 Å². The minimum Gasteiger partial charge on any atom is -0.490 e. The van der Waals surface area contributed by atoms with Gasteiger partial charge in [0, 0.05) is 18.7 Å². The van der Waals surface area contributed by atoms with E-state index in [0.717, 1.165) is 48.6 Å². The zero-order chi connectivity index (χ0) is 17.9. The summed E-state index contributed by atoms with van der Waals surface area (Å²) in [6.07, 6.45) is 2.85. The lowest BCUT2D eigenvalue weighted by Crippen LogP contribution is -2.34. The highest BCUT2D eigenvalue weighted by Crippen LogP contribution is 2.38. The van der Waals surface area contributed by atoms with E-state index in [1.165, 1.54) is 5.56 Å². The third kappa shape index (κ3) is 3.47. The Morgan fingerprint density at radius 2 is 1.81 bits per heavy atom. The maximum Gasteiger partial charge on any atom is 0.322 e. The molecule has 2 aliphatic heterocycles. The fourth-order valence-corrected chi connectivity index (χ4v) is 3.58. The van der Waals surface area contributed by atoms with Crippen LogP contribution in [0.3, 0.4) is 0 Å². The van der Waals surface area contributed by atoms with Crippen LogP contribution in [0.1, 0.15) is 36.4 Å². The van der Waals surface area contributed by atoms with Crippen molar-refractivity contribution in [2.45, 2.75) is 32.2 Å². The van der Waals surface area contributed by atoms with E-state index in [1.54, 1.807) is 0 Å². The molecule has 5 nitrogen and oxygen atoms in total. The fraction of sp³-hybridized carbons (Fsp3) is 0.381. The lowest BCUT2D eigenvalue weighted by atomic mass is 10.0. The molecule has 0 aromatic heterocycles. The van der Waals surface area contributed by atoms with E-state index in [0.29, 0.717) is 13.2 Å². The average Bonchev–Trinajstić information content (AvgIpc) is 3.02. The summed E-state index contributed by atoms with van der Waals surface area (Å²) in [5.74, 6) is 1.57. The van der Waals surface area contributed by atoms with Gasteiger partial charge in [-0.25, -0.2) is 4.79 Å². The molecule has 1 atom stereocenters. The Labute approximate surface area is 153 Å². The summed E-state index contributed by atoms with van der Waals surface area (Å²) < 4.78 is 11.5. The third-order valence-electron chi connectivity index (χ3n) is 4.97. The summed E-state index contributed by atoms with van der Waals surface area (Å²) >= 11 is 0. The quantitative estimate of drug-likeness (QED) is 0.864. The minimum atomic E-state index is -0.0523. The summed E-state index contributed by atoms with van der Waals surface area (Å²) in [5.41, 5.74) is 3.10. The molecule has 0 spiro atoms. The molecule has 0 saturated carbocycles. The molecule has 2 heterocycles. The number of nitrogens with zero attached hydrogens (tertiary/aromatic N) is 1. The van der Waals surface area contributed by atoms with Crippen molar-refractivity contribution in [3.8, 4) is 11.5 Å². The molecule has 2 aromatic carbocycles. The van der Waals surface area contributed by atoms with Gasteiger partial charge in [-0.2, -0.15) is 0 Å². The van der Waals surface area contributed by atoms with E-state index in [4.69, 9.17) is 9.47 Å². The van der Waals surface area contributed by atoms with E-state index < -0.39 is 0 Å². The van der Waals surface area contributed by atoms with Gasteiger partial charge < -0.3 is 19.7 Å². The molecule has 2 aromatic rings. The lowest BCUT2D eigenvalue weighted by molar-refractivity contribution is 0.207. The monoisotopic (exact) mass is 352 g/mol. The van der Waals surface area contributed by atoms with Crippen LogP contribution in [0, 0.1) is 6.92 Å². The number of rotatable bonds is 2. The average molecular weight is 352 g/mol. The van der Waals surface area contributed by atoms with E-state index in [2.05, 4.69) is 11.4 Å². The number of aryl methyl sites for hydroxylation is 1. The lowest BCUT2D eigenvalue weighted by Gasteiger charge is -2.26. The first-order valence-corrected chi connectivity index (χ1v) is 9.24. The van der Waals surface area contributed by atoms with Gasteiger partial charge in [0.2, 0.25) is 0 Å². The van der Waals surface area contributed by atoms with Crippen LogP contribution >= 0.6 is 0 Å². The number of likely N-dealkylation sites (tertiary alicyclic amines) is 1. The van der Waals surface area contributed by atoms with Crippen LogP contribution in [-0.4, -0.2) is 30.7 Å². The number of amides is 2. The number of urea groups is 1. The summed E-state index contributed by atoms with van der Waals surface area (Å²) in [5, 5.41) is 3.01. The van der Waals surface area contributed by atoms with Crippen molar-refractivity contribution >= 4 is 11.7 Å². The molecule has 136 valence electrons. The third-order valence-corrected chi connectivity index (χ3v) is 4.97. The number of nitrogens with one attached hydrogen (secondary N) is 1. The molecular formula is C21H24N2O3. The van der Waals surface area contributed by atoms with Gasteiger partial charge in [0.1, 0.15) is 0 Å². The topological polar surface area (TPSA) is 50.8 Å². The standard InChI is InChI=1S/C21H24N2O3/c1-15-5-8-17(9-6-15)22-21(24)23-11-2-4-18(23)16-7-10-19-20(14-16)26-13-3-12-25-19/h5-10,14,18H,2-4,11-13H2,1H3,(H,22,24). The molecule has 4 rings (SSSR count). The second-order valence-corrected chi connectivity index (χ2v) is 6.90. The van der Waals surface area contributed by atoms with E-state index in [1.807, 2.05) is 48.2 Å². The molecule has 1 saturated heterocycles. The Morgan fingerprint density at radius 3 is 2.62 bits per heavy atom. The fourth-order valence-electron chi connectivity index (χ4n) is 3.58. The Bertz CT molecular complexity index is 788. The smallest absolute Gasteiger partial charge is 0.322 e. The zero-order valence-corrected chi connectivity index (χ0v) is 15.0. The van der Waals surface area contributed by atoms with Crippen LogP contribution in [0.15, 0.2) is 42.5 Å². The number of hydrogen-bond donors (Lipinski definition) is 1.